The Kier molecular flexibility index (Phi) is 3.45. The van der Waals surface area contributed by atoms with Crippen LogP contribution in [0.15, 0.2) is 0 Å². The number of hydrogen-bond acceptors (Lipinski definition) is 2. The normalized spacial score (nSPS) is 27.0. The summed E-state index contributed by atoms with van der Waals surface area (Å²) in [5.41, 5.74) is 0. The molecule has 2 nitrogen and oxygen atoms in total. The summed E-state index contributed by atoms with van der Waals surface area (Å²) in [5.74, 6) is 3.73. The molecule has 0 radical (unpaired) electrons. The van der Waals surface area contributed by atoms with Crippen LogP contribution in [-0.2, 0) is 0 Å². The van der Waals surface area contributed by atoms with Gasteiger partial charge in [0.25, 0.3) is 0 Å². The second kappa shape index (κ2) is 4.63. The lowest BCUT2D eigenvalue weighted by atomic mass is 9.89. The Bertz CT molecular complexity index is 173. The molecule has 14 heavy (non-hydrogen) atoms. The van der Waals surface area contributed by atoms with E-state index in [1.54, 1.807) is 0 Å². The first-order valence-electron chi connectivity index (χ1n) is 6.19. The molecule has 1 saturated carbocycles. The average molecular weight is 196 g/mol. The molecule has 2 atom stereocenters. The third-order valence-corrected chi connectivity index (χ3v) is 3.98. The Morgan fingerprint density at radius 1 is 1.07 bits per heavy atom. The lowest BCUT2D eigenvalue weighted by Gasteiger charge is -2.33. The zero-order valence-electron chi connectivity index (χ0n) is 9.55. The molecule has 2 N–H and O–H groups in total. The summed E-state index contributed by atoms with van der Waals surface area (Å²) >= 11 is 0. The average Bonchev–Trinajstić information content (AvgIpc) is 2.82. The maximum Gasteiger partial charge on any atom is -0.000522 e. The first-order chi connectivity index (χ1) is 6.77. The van der Waals surface area contributed by atoms with E-state index in [0.29, 0.717) is 0 Å². The van der Waals surface area contributed by atoms with Crippen LogP contribution in [0.2, 0.25) is 0 Å². The van der Waals surface area contributed by atoms with E-state index in [9.17, 15) is 0 Å². The summed E-state index contributed by atoms with van der Waals surface area (Å²) in [6.07, 6.45) is 2.95. The van der Waals surface area contributed by atoms with Crippen molar-refractivity contribution in [2.45, 2.75) is 26.7 Å². The highest BCUT2D eigenvalue weighted by molar-refractivity contribution is 4.82. The molecule has 1 aliphatic heterocycles. The van der Waals surface area contributed by atoms with Crippen molar-refractivity contribution in [3.05, 3.63) is 0 Å². The van der Waals surface area contributed by atoms with Gasteiger partial charge in [-0.15, -0.1) is 0 Å². The molecule has 0 aromatic carbocycles. The maximum atomic E-state index is 3.63. The lowest BCUT2D eigenvalue weighted by Crippen LogP contribution is -2.47. The van der Waals surface area contributed by atoms with Crippen LogP contribution in [0.3, 0.4) is 0 Å². The molecule has 1 saturated heterocycles. The zero-order valence-corrected chi connectivity index (χ0v) is 9.55. The predicted octanol–water partition coefficient (Wildman–Crippen LogP) is 1.48. The third kappa shape index (κ3) is 2.71. The summed E-state index contributed by atoms with van der Waals surface area (Å²) < 4.78 is 0. The molecule has 0 aromatic heterocycles. The van der Waals surface area contributed by atoms with Gasteiger partial charge in [0, 0.05) is 0 Å². The standard InChI is InChI=1S/C12H24N2/c1-9(11-3-4-11)5-13-6-10(2)12-7-14-8-12/h9-14H,3-8H2,1-2H3. The topological polar surface area (TPSA) is 24.1 Å². The summed E-state index contributed by atoms with van der Waals surface area (Å²) in [6.45, 7) is 9.68. The number of nitrogens with one attached hydrogen (secondary N) is 2. The van der Waals surface area contributed by atoms with E-state index in [-0.39, 0.29) is 0 Å². The fourth-order valence-corrected chi connectivity index (χ4v) is 2.25. The van der Waals surface area contributed by atoms with Gasteiger partial charge in [-0.1, -0.05) is 13.8 Å². The van der Waals surface area contributed by atoms with Crippen LogP contribution in [0, 0.1) is 23.7 Å². The minimum Gasteiger partial charge on any atom is -0.316 e. The summed E-state index contributed by atoms with van der Waals surface area (Å²) in [7, 11) is 0. The number of rotatable bonds is 6. The van der Waals surface area contributed by atoms with E-state index in [4.69, 9.17) is 0 Å². The van der Waals surface area contributed by atoms with Gasteiger partial charge in [-0.2, -0.15) is 0 Å². The first-order valence-corrected chi connectivity index (χ1v) is 6.19. The van der Waals surface area contributed by atoms with Crippen LogP contribution in [0.5, 0.6) is 0 Å². The van der Waals surface area contributed by atoms with Crippen molar-refractivity contribution >= 4 is 0 Å². The minimum atomic E-state index is 0.850. The Morgan fingerprint density at radius 3 is 2.07 bits per heavy atom. The monoisotopic (exact) mass is 196 g/mol. The van der Waals surface area contributed by atoms with Crippen LogP contribution in [0.25, 0.3) is 0 Å². The smallest absolute Gasteiger partial charge is 0.000522 e. The first kappa shape index (κ1) is 10.4. The Morgan fingerprint density at radius 2 is 1.64 bits per heavy atom. The molecule has 1 aliphatic carbocycles. The van der Waals surface area contributed by atoms with Crippen molar-refractivity contribution in [2.24, 2.45) is 23.7 Å². The molecule has 2 unspecified atom stereocenters. The molecule has 2 aliphatic rings. The molecule has 1 heterocycles. The van der Waals surface area contributed by atoms with Gasteiger partial charge < -0.3 is 10.6 Å². The van der Waals surface area contributed by atoms with Crippen molar-refractivity contribution in [2.75, 3.05) is 26.2 Å². The molecule has 2 heteroatoms. The fraction of sp³-hybridized carbons (Fsp3) is 1.00. The van der Waals surface area contributed by atoms with Crippen LogP contribution in [0.1, 0.15) is 26.7 Å². The Hall–Kier alpha value is -0.0800. The van der Waals surface area contributed by atoms with Crippen molar-refractivity contribution < 1.29 is 0 Å². The summed E-state index contributed by atoms with van der Waals surface area (Å²) in [4.78, 5) is 0. The second-order valence-corrected chi connectivity index (χ2v) is 5.37. The van der Waals surface area contributed by atoms with Crippen LogP contribution >= 0.6 is 0 Å². The fourth-order valence-electron chi connectivity index (χ4n) is 2.25. The minimum absolute atomic E-state index is 0.850. The van der Waals surface area contributed by atoms with Crippen LogP contribution in [-0.4, -0.2) is 26.2 Å². The third-order valence-electron chi connectivity index (χ3n) is 3.98. The molecular weight excluding hydrogens is 172 g/mol. The van der Waals surface area contributed by atoms with E-state index in [1.807, 2.05) is 0 Å². The van der Waals surface area contributed by atoms with Gasteiger partial charge in [-0.25, -0.2) is 0 Å². The quantitative estimate of drug-likeness (QED) is 0.672. The van der Waals surface area contributed by atoms with Gasteiger partial charge in [0.2, 0.25) is 0 Å². The lowest BCUT2D eigenvalue weighted by molar-refractivity contribution is 0.239. The summed E-state index contributed by atoms with van der Waals surface area (Å²) in [6, 6.07) is 0. The van der Waals surface area contributed by atoms with Gasteiger partial charge in [0.05, 0.1) is 0 Å². The van der Waals surface area contributed by atoms with Crippen LogP contribution < -0.4 is 10.6 Å². The van der Waals surface area contributed by atoms with Gasteiger partial charge in [-0.05, 0) is 62.7 Å². The van der Waals surface area contributed by atoms with Crippen molar-refractivity contribution in [1.82, 2.24) is 10.6 Å². The highest BCUT2D eigenvalue weighted by Gasteiger charge is 2.28. The highest BCUT2D eigenvalue weighted by atomic mass is 15.0. The molecule has 2 rings (SSSR count). The molecule has 0 amide bonds. The van der Waals surface area contributed by atoms with E-state index in [1.165, 1.54) is 39.0 Å². The van der Waals surface area contributed by atoms with E-state index in [2.05, 4.69) is 24.5 Å². The molecular formula is C12H24N2. The molecule has 2 fully saturated rings. The van der Waals surface area contributed by atoms with E-state index < -0.39 is 0 Å². The van der Waals surface area contributed by atoms with Gasteiger partial charge in [0.1, 0.15) is 0 Å². The van der Waals surface area contributed by atoms with E-state index >= 15 is 0 Å². The highest BCUT2D eigenvalue weighted by Crippen LogP contribution is 2.36. The second-order valence-electron chi connectivity index (χ2n) is 5.37. The SMILES string of the molecule is CC(CNCC(C)C1CNC1)C1CC1. The number of hydrogen-bond donors (Lipinski definition) is 2. The molecule has 82 valence electrons. The van der Waals surface area contributed by atoms with Gasteiger partial charge in [0.15, 0.2) is 0 Å². The Balaban J connectivity index is 1.52. The van der Waals surface area contributed by atoms with Crippen LogP contribution in [0.4, 0.5) is 0 Å². The van der Waals surface area contributed by atoms with Crippen molar-refractivity contribution in [3.63, 3.8) is 0 Å². The molecule has 0 bridgehead atoms. The van der Waals surface area contributed by atoms with Crippen molar-refractivity contribution in [1.29, 1.82) is 0 Å². The largest absolute Gasteiger partial charge is 0.316 e. The van der Waals surface area contributed by atoms with Gasteiger partial charge >= 0.3 is 0 Å². The van der Waals surface area contributed by atoms with E-state index in [0.717, 1.165) is 23.7 Å². The zero-order chi connectivity index (χ0) is 9.97. The predicted molar refractivity (Wildman–Crippen MR) is 60.3 cm³/mol. The van der Waals surface area contributed by atoms with Gasteiger partial charge in [-0.3, -0.25) is 0 Å². The van der Waals surface area contributed by atoms with Crippen molar-refractivity contribution in [3.8, 4) is 0 Å². The maximum absolute atomic E-state index is 3.63. The Labute approximate surface area is 87.8 Å². The molecule has 0 aromatic rings. The molecule has 0 spiro atoms. The summed E-state index contributed by atoms with van der Waals surface area (Å²) in [5, 5.41) is 6.97.